The van der Waals surface area contributed by atoms with Gasteiger partial charge in [-0.2, -0.15) is 0 Å². The molecule has 0 radical (unpaired) electrons. The summed E-state index contributed by atoms with van der Waals surface area (Å²) in [5, 5.41) is 0.636. The summed E-state index contributed by atoms with van der Waals surface area (Å²) in [5.41, 5.74) is 4.65. The number of benzene rings is 2. The van der Waals surface area contributed by atoms with E-state index < -0.39 is 0 Å². The lowest BCUT2D eigenvalue weighted by Gasteiger charge is -2.23. The number of imide groups is 1. The van der Waals surface area contributed by atoms with Crippen LogP contribution >= 0.6 is 23.5 Å². The van der Waals surface area contributed by atoms with Crippen LogP contribution in [0.3, 0.4) is 0 Å². The van der Waals surface area contributed by atoms with Gasteiger partial charge < -0.3 is 4.90 Å². The molecule has 2 amide bonds. The minimum atomic E-state index is -0.207. The molecule has 1 fully saturated rings. The van der Waals surface area contributed by atoms with Crippen molar-refractivity contribution in [2.45, 2.75) is 39.5 Å². The summed E-state index contributed by atoms with van der Waals surface area (Å²) in [4.78, 5) is 31.0. The smallest absolute Gasteiger partial charge is 0.293 e. The van der Waals surface area contributed by atoms with Crippen LogP contribution in [0, 0.1) is 0 Å². The quantitative estimate of drug-likeness (QED) is 0.271. The molecule has 2 aliphatic heterocycles. The first kappa shape index (κ1) is 24.4. The monoisotopic (exact) mass is 490 g/mol. The third-order valence-electron chi connectivity index (χ3n) is 5.93. The number of hydrogen-bond donors (Lipinski definition) is 0. The van der Waals surface area contributed by atoms with Crippen LogP contribution in [-0.4, -0.2) is 34.0 Å². The topological polar surface area (TPSA) is 40.6 Å². The Morgan fingerprint density at radius 1 is 0.882 bits per heavy atom. The molecular weight excluding hydrogens is 460 g/mol. The maximum absolute atomic E-state index is 13.2. The van der Waals surface area contributed by atoms with Crippen molar-refractivity contribution < 1.29 is 9.59 Å². The minimum Gasteiger partial charge on any atom is -0.334 e. The standard InChI is InChI=1S/C28H30N2O2S2/c1-4-7-12-20-15-17-22(18-16-20)24-23(21-13-10-9-11-14-21)29(6-3)27(33-24)25-26(31)30(19-8-5-2)28(32)34-25/h5,9-11,13-18H,2,4,6-8,12,19H2,1,3H3/b27-25-. The van der Waals surface area contributed by atoms with Crippen molar-refractivity contribution in [3.8, 4) is 0 Å². The number of nitrogens with zero attached hydrogens (tertiary/aromatic N) is 2. The molecule has 1 saturated heterocycles. The molecule has 176 valence electrons. The van der Waals surface area contributed by atoms with Crippen molar-refractivity contribution in [1.29, 1.82) is 0 Å². The van der Waals surface area contributed by atoms with E-state index in [1.807, 2.05) is 18.2 Å². The van der Waals surface area contributed by atoms with Crippen molar-refractivity contribution in [3.63, 3.8) is 0 Å². The highest BCUT2D eigenvalue weighted by Crippen LogP contribution is 2.54. The molecule has 2 heterocycles. The minimum absolute atomic E-state index is 0.207. The zero-order chi connectivity index (χ0) is 24.1. The average molecular weight is 491 g/mol. The summed E-state index contributed by atoms with van der Waals surface area (Å²) < 4.78 is 0. The summed E-state index contributed by atoms with van der Waals surface area (Å²) in [5.74, 6) is -0.207. The first-order chi connectivity index (χ1) is 16.6. The first-order valence-electron chi connectivity index (χ1n) is 11.8. The van der Waals surface area contributed by atoms with E-state index >= 15 is 0 Å². The second-order valence-corrected chi connectivity index (χ2v) is 10.2. The summed E-state index contributed by atoms with van der Waals surface area (Å²) >= 11 is 2.64. The molecule has 2 aromatic rings. The molecule has 2 aromatic carbocycles. The van der Waals surface area contributed by atoms with Crippen LogP contribution in [-0.2, 0) is 11.2 Å². The highest BCUT2D eigenvalue weighted by molar-refractivity contribution is 8.20. The third-order valence-corrected chi connectivity index (χ3v) is 8.28. The van der Waals surface area contributed by atoms with E-state index in [0.717, 1.165) is 44.9 Å². The molecule has 0 aromatic heterocycles. The number of aryl methyl sites for hydroxylation is 1. The fourth-order valence-electron chi connectivity index (χ4n) is 4.12. The van der Waals surface area contributed by atoms with Gasteiger partial charge in [0.2, 0.25) is 0 Å². The number of thioether (sulfide) groups is 2. The van der Waals surface area contributed by atoms with Crippen LogP contribution in [0.25, 0.3) is 10.6 Å². The van der Waals surface area contributed by atoms with Gasteiger partial charge in [0, 0.05) is 18.0 Å². The largest absolute Gasteiger partial charge is 0.334 e. The fraction of sp³-hybridized carbons (Fsp3) is 0.286. The highest BCUT2D eigenvalue weighted by atomic mass is 32.2. The lowest BCUT2D eigenvalue weighted by atomic mass is 10.0. The Balaban J connectivity index is 1.77. The highest BCUT2D eigenvalue weighted by Gasteiger charge is 2.41. The molecule has 0 bridgehead atoms. The summed E-state index contributed by atoms with van der Waals surface area (Å²) in [6.07, 6.45) is 5.77. The zero-order valence-electron chi connectivity index (χ0n) is 19.8. The van der Waals surface area contributed by atoms with Gasteiger partial charge in [0.05, 0.1) is 5.70 Å². The van der Waals surface area contributed by atoms with E-state index in [4.69, 9.17) is 0 Å². The van der Waals surface area contributed by atoms with Crippen molar-refractivity contribution >= 4 is 45.3 Å². The van der Waals surface area contributed by atoms with Gasteiger partial charge in [-0.05, 0) is 54.6 Å². The molecule has 6 heteroatoms. The van der Waals surface area contributed by atoms with Gasteiger partial charge in [-0.15, -0.1) is 6.58 Å². The molecule has 0 unspecified atom stereocenters. The molecule has 4 rings (SSSR count). The number of unbranched alkanes of at least 4 members (excludes halogenated alkanes) is 1. The van der Waals surface area contributed by atoms with Gasteiger partial charge in [-0.3, -0.25) is 14.5 Å². The van der Waals surface area contributed by atoms with E-state index in [1.54, 1.807) is 17.8 Å². The van der Waals surface area contributed by atoms with Crippen molar-refractivity contribution in [3.05, 3.63) is 93.9 Å². The third kappa shape index (κ3) is 4.89. The Bertz CT molecular complexity index is 1140. The molecule has 2 aliphatic rings. The van der Waals surface area contributed by atoms with Crippen LogP contribution in [0.15, 0.2) is 77.2 Å². The summed E-state index contributed by atoms with van der Waals surface area (Å²) in [6.45, 7) is 9.08. The average Bonchev–Trinajstić information content (AvgIpc) is 3.39. The summed E-state index contributed by atoms with van der Waals surface area (Å²) in [6, 6.07) is 19.1. The Hall–Kier alpha value is -2.70. The van der Waals surface area contributed by atoms with Crippen molar-refractivity contribution in [1.82, 2.24) is 9.80 Å². The maximum Gasteiger partial charge on any atom is 0.293 e. The van der Waals surface area contributed by atoms with E-state index in [9.17, 15) is 9.59 Å². The predicted octanol–water partition coefficient (Wildman–Crippen LogP) is 7.36. The number of rotatable bonds is 9. The Morgan fingerprint density at radius 3 is 2.26 bits per heavy atom. The van der Waals surface area contributed by atoms with Crippen LogP contribution in [0.1, 0.15) is 49.8 Å². The first-order valence-corrected chi connectivity index (χ1v) is 13.5. The van der Waals surface area contributed by atoms with E-state index in [0.29, 0.717) is 24.4 Å². The number of amides is 2. The van der Waals surface area contributed by atoms with Gasteiger partial charge in [0.15, 0.2) is 0 Å². The summed E-state index contributed by atoms with van der Waals surface area (Å²) in [7, 11) is 0. The SMILES string of the molecule is C=CCCN1C(=O)S/C(=C2\SC(c3ccc(CCCC)cc3)=C(c3ccccc3)N2CC)C1=O. The Morgan fingerprint density at radius 2 is 1.62 bits per heavy atom. The van der Waals surface area contributed by atoms with Crippen LogP contribution in [0.4, 0.5) is 4.79 Å². The molecule has 0 saturated carbocycles. The zero-order valence-corrected chi connectivity index (χ0v) is 21.4. The Labute approximate surface area is 210 Å². The van der Waals surface area contributed by atoms with E-state index in [-0.39, 0.29) is 11.1 Å². The lowest BCUT2D eigenvalue weighted by molar-refractivity contribution is -0.122. The second kappa shape index (κ2) is 11.2. The van der Waals surface area contributed by atoms with Gasteiger partial charge in [0.25, 0.3) is 11.1 Å². The van der Waals surface area contributed by atoms with E-state index in [2.05, 4.69) is 61.7 Å². The van der Waals surface area contributed by atoms with Gasteiger partial charge in [0.1, 0.15) is 9.93 Å². The molecule has 34 heavy (non-hydrogen) atoms. The maximum atomic E-state index is 13.2. The Kier molecular flexibility index (Phi) is 8.01. The number of carbonyl (C=O) groups excluding carboxylic acids is 2. The van der Waals surface area contributed by atoms with Crippen LogP contribution < -0.4 is 0 Å². The molecule has 0 spiro atoms. The van der Waals surface area contributed by atoms with Gasteiger partial charge >= 0.3 is 0 Å². The number of carbonyl (C=O) groups is 2. The predicted molar refractivity (Wildman–Crippen MR) is 145 cm³/mol. The molecule has 0 atom stereocenters. The molecule has 4 nitrogen and oxygen atoms in total. The number of hydrogen-bond acceptors (Lipinski definition) is 5. The lowest BCUT2D eigenvalue weighted by Crippen LogP contribution is -2.29. The molecule has 0 N–H and O–H groups in total. The van der Waals surface area contributed by atoms with Crippen molar-refractivity contribution in [2.75, 3.05) is 13.1 Å². The van der Waals surface area contributed by atoms with Crippen LogP contribution in [0.5, 0.6) is 0 Å². The normalized spacial score (nSPS) is 18.4. The van der Waals surface area contributed by atoms with Gasteiger partial charge in [-0.25, -0.2) is 0 Å². The van der Waals surface area contributed by atoms with Gasteiger partial charge in [-0.1, -0.05) is 85.8 Å². The molecular formula is C28H30N2O2S2. The van der Waals surface area contributed by atoms with Crippen LogP contribution in [0.2, 0.25) is 0 Å². The second-order valence-electron chi connectivity index (χ2n) is 8.23. The fourth-order valence-corrected chi connectivity index (χ4v) is 6.50. The van der Waals surface area contributed by atoms with E-state index in [1.165, 1.54) is 23.3 Å². The molecule has 0 aliphatic carbocycles. The van der Waals surface area contributed by atoms with Crippen molar-refractivity contribution in [2.24, 2.45) is 0 Å².